The minimum absolute atomic E-state index is 0.146. The van der Waals surface area contributed by atoms with Gasteiger partial charge in [0.2, 0.25) is 5.91 Å². The van der Waals surface area contributed by atoms with E-state index in [4.69, 9.17) is 19.2 Å². The number of carbonyl (C=O) groups is 4. The number of methoxy groups -OCH3 is 3. The van der Waals surface area contributed by atoms with Gasteiger partial charge >= 0.3 is 12.2 Å². The van der Waals surface area contributed by atoms with Crippen molar-refractivity contribution in [3.63, 3.8) is 0 Å². The lowest BCUT2D eigenvalue weighted by Crippen LogP contribution is -2.43. The molecule has 1 fully saturated rings. The van der Waals surface area contributed by atoms with Crippen LogP contribution in [0.2, 0.25) is 0 Å². The highest BCUT2D eigenvalue weighted by Gasteiger charge is 2.37. The first kappa shape index (κ1) is 43.4. The Morgan fingerprint density at radius 2 is 1.41 bits per heavy atom. The Morgan fingerprint density at radius 3 is 2.06 bits per heavy atom. The van der Waals surface area contributed by atoms with Gasteiger partial charge in [-0.05, 0) is 59.2 Å². The van der Waals surface area contributed by atoms with E-state index in [0.29, 0.717) is 53.7 Å². The monoisotopic (exact) mass is 850 g/mol. The largest absolute Gasteiger partial charge is 0.496 e. The van der Waals surface area contributed by atoms with Gasteiger partial charge in [0.15, 0.2) is 0 Å². The third-order valence-electron chi connectivity index (χ3n) is 11.0. The molecular formula is C48H50N8O7. The third-order valence-corrected chi connectivity index (χ3v) is 11.0. The number of aromatic amines is 2. The molecule has 0 radical (unpaired) electrons. The summed E-state index contributed by atoms with van der Waals surface area (Å²) in [5.74, 6) is 1.30. The van der Waals surface area contributed by atoms with E-state index < -0.39 is 24.3 Å². The molecule has 15 nitrogen and oxygen atoms in total. The van der Waals surface area contributed by atoms with Gasteiger partial charge in [0.1, 0.15) is 29.5 Å². The van der Waals surface area contributed by atoms with E-state index in [0.717, 1.165) is 40.8 Å². The number of amides is 4. The lowest BCUT2D eigenvalue weighted by atomic mass is 9.99. The number of alkyl carbamates (subject to hydrolysis) is 2. The van der Waals surface area contributed by atoms with E-state index in [1.165, 1.54) is 14.2 Å². The number of rotatable bonds is 16. The van der Waals surface area contributed by atoms with Crippen molar-refractivity contribution in [2.24, 2.45) is 0 Å². The Bertz CT molecular complexity index is 2520. The molecule has 1 saturated heterocycles. The SMILES string of the molecule is C=CCCN(Cc1ncc(-c2cc(-c3ccc(-c4cnc([C@@H]5CCCN5C(=O)[C@H](NC(=O)OC)c5ccccc5)[nH]4)cc3)ccc2OC)[nH]1)C(=O)C(NC(=O)OC)c1ccccc1. The molecule has 0 spiro atoms. The number of nitrogens with one attached hydrogen (secondary N) is 4. The first-order valence-corrected chi connectivity index (χ1v) is 20.6. The zero-order chi connectivity index (χ0) is 44.3. The maximum Gasteiger partial charge on any atom is 0.407 e. The molecule has 1 aliphatic heterocycles. The molecule has 0 bridgehead atoms. The number of ether oxygens (including phenoxy) is 3. The lowest BCUT2D eigenvalue weighted by molar-refractivity contribution is -0.135. The quantitative estimate of drug-likeness (QED) is 0.0703. The predicted octanol–water partition coefficient (Wildman–Crippen LogP) is 7.91. The minimum atomic E-state index is -0.971. The average molecular weight is 851 g/mol. The number of H-pyrrole nitrogens is 2. The van der Waals surface area contributed by atoms with E-state index in [2.05, 4.69) is 32.2 Å². The van der Waals surface area contributed by atoms with E-state index in [-0.39, 0.29) is 24.4 Å². The highest BCUT2D eigenvalue weighted by molar-refractivity contribution is 5.88. The Hall–Kier alpha value is -7.68. The molecule has 4 aromatic carbocycles. The van der Waals surface area contributed by atoms with E-state index in [9.17, 15) is 19.2 Å². The van der Waals surface area contributed by atoms with Crippen LogP contribution in [0.1, 0.15) is 60.2 Å². The number of aromatic nitrogens is 4. The number of hydrogen-bond donors (Lipinski definition) is 4. The van der Waals surface area contributed by atoms with Crippen molar-refractivity contribution in [2.75, 3.05) is 34.4 Å². The first-order valence-electron chi connectivity index (χ1n) is 20.6. The molecule has 4 amide bonds. The maximum atomic E-state index is 14.0. The second-order valence-corrected chi connectivity index (χ2v) is 14.9. The highest BCUT2D eigenvalue weighted by atomic mass is 16.5. The van der Waals surface area contributed by atoms with Gasteiger partial charge < -0.3 is 44.6 Å². The van der Waals surface area contributed by atoms with E-state index in [1.54, 1.807) is 59.6 Å². The zero-order valence-corrected chi connectivity index (χ0v) is 35.4. The molecule has 7 rings (SSSR count). The Morgan fingerprint density at radius 1 is 0.794 bits per heavy atom. The standard InChI is InChI=1S/C48H50N8O7/c1-5-6-25-55(45(57)42(53-47(59)62-3)33-14-9-7-10-15-33)30-41-49-29-38(51-41)36-27-35(23-24-40(36)61-2)31-19-21-32(22-20-31)37-28-50-44(52-37)39-18-13-26-56(39)46(58)43(54-48(60)63-4)34-16-11-8-12-17-34/h5,7-12,14-17,19-24,27-29,39,42-43H,1,6,13,18,25-26,30H2,2-4H3,(H,49,51)(H,50,52)(H,53,59)(H,54,60)/t39-,42?,43+/m0/s1. The molecule has 0 aliphatic carbocycles. The fourth-order valence-electron chi connectivity index (χ4n) is 7.75. The summed E-state index contributed by atoms with van der Waals surface area (Å²) in [6.45, 7) is 4.86. The fraction of sp³-hybridized carbons (Fsp3) is 0.250. The summed E-state index contributed by atoms with van der Waals surface area (Å²) in [5.41, 5.74) is 6.39. The Balaban J connectivity index is 1.07. The summed E-state index contributed by atoms with van der Waals surface area (Å²) in [6.07, 6.45) is 5.87. The molecule has 1 aliphatic rings. The first-order chi connectivity index (χ1) is 30.7. The van der Waals surface area contributed by atoms with Gasteiger partial charge in [-0.1, -0.05) is 97.1 Å². The molecule has 2 aromatic heterocycles. The molecule has 0 saturated carbocycles. The van der Waals surface area contributed by atoms with Gasteiger partial charge in [-0.2, -0.15) is 0 Å². The van der Waals surface area contributed by atoms with Crippen molar-refractivity contribution >= 4 is 24.0 Å². The second-order valence-electron chi connectivity index (χ2n) is 14.9. The van der Waals surface area contributed by atoms with Crippen molar-refractivity contribution in [3.8, 4) is 39.4 Å². The van der Waals surface area contributed by atoms with Gasteiger partial charge in [-0.3, -0.25) is 9.59 Å². The van der Waals surface area contributed by atoms with Crippen LogP contribution in [0.5, 0.6) is 5.75 Å². The summed E-state index contributed by atoms with van der Waals surface area (Å²) in [6, 6.07) is 30.0. The normalized spacial score (nSPS) is 14.3. The molecular weight excluding hydrogens is 801 g/mol. The number of likely N-dealkylation sites (tertiary alicyclic amines) is 1. The van der Waals surface area contributed by atoms with Crippen LogP contribution in [-0.4, -0.2) is 88.2 Å². The summed E-state index contributed by atoms with van der Waals surface area (Å²) < 4.78 is 15.4. The predicted molar refractivity (Wildman–Crippen MR) is 237 cm³/mol. The number of benzene rings is 4. The van der Waals surface area contributed by atoms with Gasteiger partial charge in [0, 0.05) is 18.7 Å². The topological polar surface area (TPSA) is 184 Å². The van der Waals surface area contributed by atoms with Crippen LogP contribution in [0, 0.1) is 0 Å². The van der Waals surface area contributed by atoms with E-state index >= 15 is 0 Å². The molecule has 4 N–H and O–H groups in total. The van der Waals surface area contributed by atoms with Gasteiger partial charge in [-0.25, -0.2) is 19.6 Å². The number of nitrogens with zero attached hydrogens (tertiary/aromatic N) is 4. The van der Waals surface area contributed by atoms with Gasteiger partial charge in [0.05, 0.1) is 57.7 Å². The summed E-state index contributed by atoms with van der Waals surface area (Å²) >= 11 is 0. The smallest absolute Gasteiger partial charge is 0.407 e. The molecule has 3 heterocycles. The Kier molecular flexibility index (Phi) is 14.0. The fourth-order valence-corrected chi connectivity index (χ4v) is 7.75. The van der Waals surface area contributed by atoms with Crippen molar-refractivity contribution < 1.29 is 33.4 Å². The molecule has 1 unspecified atom stereocenters. The molecule has 6 aromatic rings. The van der Waals surface area contributed by atoms with Gasteiger partial charge in [-0.15, -0.1) is 6.58 Å². The zero-order valence-electron chi connectivity index (χ0n) is 35.4. The second kappa shape index (κ2) is 20.3. The van der Waals surface area contributed by atoms with Crippen LogP contribution in [0.25, 0.3) is 33.6 Å². The van der Waals surface area contributed by atoms with Crippen LogP contribution < -0.4 is 15.4 Å². The summed E-state index contributed by atoms with van der Waals surface area (Å²) in [7, 11) is 4.14. The minimum Gasteiger partial charge on any atom is -0.496 e. The van der Waals surface area contributed by atoms with Crippen LogP contribution in [0.15, 0.2) is 128 Å². The lowest BCUT2D eigenvalue weighted by Gasteiger charge is -2.28. The van der Waals surface area contributed by atoms with Crippen LogP contribution in [0.4, 0.5) is 9.59 Å². The van der Waals surface area contributed by atoms with Gasteiger partial charge in [0.25, 0.3) is 5.91 Å². The number of carbonyl (C=O) groups excluding carboxylic acids is 4. The third kappa shape index (κ3) is 10.1. The van der Waals surface area contributed by atoms with E-state index in [1.807, 2.05) is 78.9 Å². The maximum absolute atomic E-state index is 14.0. The molecule has 15 heteroatoms. The highest BCUT2D eigenvalue weighted by Crippen LogP contribution is 2.36. The summed E-state index contributed by atoms with van der Waals surface area (Å²) in [4.78, 5) is 72.1. The van der Waals surface area contributed by atoms with Crippen molar-refractivity contribution in [1.29, 1.82) is 0 Å². The average Bonchev–Trinajstić information content (AvgIpc) is 4.13. The molecule has 3 atom stereocenters. The molecule has 324 valence electrons. The van der Waals surface area contributed by atoms with Crippen molar-refractivity contribution in [3.05, 3.63) is 151 Å². The van der Waals surface area contributed by atoms with Crippen molar-refractivity contribution in [1.82, 2.24) is 40.4 Å². The number of imidazole rings is 2. The summed E-state index contributed by atoms with van der Waals surface area (Å²) in [5, 5.41) is 5.39. The van der Waals surface area contributed by atoms with Crippen LogP contribution in [0.3, 0.4) is 0 Å². The number of hydrogen-bond acceptors (Lipinski definition) is 9. The Labute approximate surface area is 365 Å². The van der Waals surface area contributed by atoms with Crippen LogP contribution >= 0.6 is 0 Å². The molecule has 63 heavy (non-hydrogen) atoms. The van der Waals surface area contributed by atoms with Crippen LogP contribution in [-0.2, 0) is 25.6 Å². The van der Waals surface area contributed by atoms with Crippen molar-refractivity contribution in [2.45, 2.75) is 43.9 Å².